The highest BCUT2D eigenvalue weighted by molar-refractivity contribution is 6.04. The van der Waals surface area contributed by atoms with E-state index in [9.17, 15) is 9.59 Å². The first-order valence-electron chi connectivity index (χ1n) is 7.49. The predicted octanol–water partition coefficient (Wildman–Crippen LogP) is 3.74. The van der Waals surface area contributed by atoms with Crippen molar-refractivity contribution >= 4 is 22.7 Å². The summed E-state index contributed by atoms with van der Waals surface area (Å²) in [5.74, 6) is -0.591. The molecule has 3 aromatic rings. The number of benzene rings is 2. The first-order valence-corrected chi connectivity index (χ1v) is 7.49. The van der Waals surface area contributed by atoms with E-state index in [2.05, 4.69) is 5.32 Å². The van der Waals surface area contributed by atoms with Crippen LogP contribution in [0.5, 0.6) is 0 Å². The van der Waals surface area contributed by atoms with Crippen LogP contribution in [-0.4, -0.2) is 10.5 Å². The molecule has 0 fully saturated rings. The number of fused-ring (bicyclic) bond motifs is 1. The lowest BCUT2D eigenvalue weighted by molar-refractivity contribution is 0.102. The third-order valence-corrected chi connectivity index (χ3v) is 3.70. The van der Waals surface area contributed by atoms with Gasteiger partial charge in [0, 0.05) is 23.4 Å². The molecule has 1 amide bonds. The van der Waals surface area contributed by atoms with Gasteiger partial charge in [0.05, 0.1) is 5.52 Å². The quantitative estimate of drug-likeness (QED) is 0.801. The number of amides is 1. The highest BCUT2D eigenvalue weighted by Gasteiger charge is 2.13. The molecule has 0 spiro atoms. The van der Waals surface area contributed by atoms with Gasteiger partial charge in [0.1, 0.15) is 0 Å². The van der Waals surface area contributed by atoms with Crippen molar-refractivity contribution in [2.24, 2.45) is 0 Å². The highest BCUT2D eigenvalue weighted by Crippen LogP contribution is 2.21. The molecule has 0 bridgehead atoms. The van der Waals surface area contributed by atoms with E-state index in [4.69, 9.17) is 4.42 Å². The first kappa shape index (κ1) is 15.1. The topological polar surface area (TPSA) is 64.2 Å². The van der Waals surface area contributed by atoms with E-state index in [0.717, 1.165) is 11.1 Å². The molecule has 0 aliphatic heterocycles. The van der Waals surface area contributed by atoms with Crippen LogP contribution in [-0.2, 0) is 0 Å². The predicted molar refractivity (Wildman–Crippen MR) is 90.0 cm³/mol. The largest absolute Gasteiger partial charge is 0.420 e. The molecular weight excluding hydrogens is 292 g/mol. The van der Waals surface area contributed by atoms with Crippen LogP contribution in [0.15, 0.2) is 51.7 Å². The van der Waals surface area contributed by atoms with Crippen molar-refractivity contribution in [2.75, 3.05) is 5.32 Å². The summed E-state index contributed by atoms with van der Waals surface area (Å²) in [6.07, 6.45) is 0. The van der Waals surface area contributed by atoms with E-state index in [1.807, 2.05) is 32.9 Å². The van der Waals surface area contributed by atoms with Crippen molar-refractivity contribution < 1.29 is 9.21 Å². The second-order valence-corrected chi connectivity index (χ2v) is 5.83. The number of nitrogens with one attached hydrogen (secondary N) is 1. The average molecular weight is 310 g/mol. The van der Waals surface area contributed by atoms with Crippen molar-refractivity contribution in [3.63, 3.8) is 0 Å². The number of aromatic nitrogens is 1. The number of aryl methyl sites for hydroxylation is 1. The number of anilines is 1. The van der Waals surface area contributed by atoms with E-state index in [1.54, 1.807) is 34.9 Å². The Balaban J connectivity index is 1.91. The van der Waals surface area contributed by atoms with Gasteiger partial charge < -0.3 is 9.73 Å². The van der Waals surface area contributed by atoms with Crippen LogP contribution in [0.2, 0.25) is 0 Å². The molecule has 118 valence electrons. The number of nitrogens with zero attached hydrogens (tertiary/aromatic N) is 1. The first-order chi connectivity index (χ1) is 11.0. The fourth-order valence-electron chi connectivity index (χ4n) is 2.51. The maximum absolute atomic E-state index is 12.2. The summed E-state index contributed by atoms with van der Waals surface area (Å²) in [5.41, 5.74) is 3.45. The van der Waals surface area contributed by atoms with E-state index in [-0.39, 0.29) is 11.9 Å². The third-order valence-electron chi connectivity index (χ3n) is 3.70. The van der Waals surface area contributed by atoms with Crippen molar-refractivity contribution in [1.29, 1.82) is 0 Å². The molecule has 0 unspecified atom stereocenters. The standard InChI is InChI=1S/C18H18N2O3/c1-11(2)20-15-9-8-14(10-16(15)23-18(20)22)19-17(21)13-6-4-12(3)5-7-13/h4-11H,1-3H3,(H,19,21). The van der Waals surface area contributed by atoms with Crippen molar-refractivity contribution in [3.05, 3.63) is 64.1 Å². The summed E-state index contributed by atoms with van der Waals surface area (Å²) in [7, 11) is 0. The van der Waals surface area contributed by atoms with Crippen molar-refractivity contribution in [1.82, 2.24) is 4.57 Å². The van der Waals surface area contributed by atoms with Crippen LogP contribution in [0.4, 0.5) is 5.69 Å². The molecule has 1 heterocycles. The van der Waals surface area contributed by atoms with Crippen LogP contribution in [0.3, 0.4) is 0 Å². The summed E-state index contributed by atoms with van der Waals surface area (Å²) < 4.78 is 6.84. The Hall–Kier alpha value is -2.82. The van der Waals surface area contributed by atoms with E-state index in [0.29, 0.717) is 16.8 Å². The van der Waals surface area contributed by atoms with Gasteiger partial charge in [0.25, 0.3) is 5.91 Å². The number of carbonyl (C=O) groups excluding carboxylic acids is 1. The van der Waals surface area contributed by atoms with Crippen LogP contribution in [0.25, 0.3) is 11.1 Å². The van der Waals surface area contributed by atoms with Crippen molar-refractivity contribution in [3.8, 4) is 0 Å². The summed E-state index contributed by atoms with van der Waals surface area (Å²) in [5, 5.41) is 2.82. The van der Waals surface area contributed by atoms with Crippen LogP contribution in [0.1, 0.15) is 35.8 Å². The van der Waals surface area contributed by atoms with Crippen LogP contribution < -0.4 is 11.1 Å². The molecule has 1 N–H and O–H groups in total. The van der Waals surface area contributed by atoms with Gasteiger partial charge in [-0.1, -0.05) is 17.7 Å². The molecule has 0 saturated heterocycles. The Bertz CT molecular complexity index is 918. The summed E-state index contributed by atoms with van der Waals surface area (Å²) >= 11 is 0. The zero-order valence-corrected chi connectivity index (χ0v) is 13.3. The lowest BCUT2D eigenvalue weighted by Crippen LogP contribution is -2.15. The van der Waals surface area contributed by atoms with E-state index in [1.165, 1.54) is 0 Å². The van der Waals surface area contributed by atoms with Gasteiger partial charge in [-0.2, -0.15) is 0 Å². The number of hydrogen-bond acceptors (Lipinski definition) is 3. The molecular formula is C18H18N2O3. The number of hydrogen-bond donors (Lipinski definition) is 1. The van der Waals surface area contributed by atoms with Gasteiger partial charge >= 0.3 is 5.76 Å². The fourth-order valence-corrected chi connectivity index (χ4v) is 2.51. The molecule has 0 saturated carbocycles. The summed E-state index contributed by atoms with van der Waals surface area (Å²) in [6, 6.07) is 12.6. The van der Waals surface area contributed by atoms with Gasteiger partial charge in [-0.15, -0.1) is 0 Å². The minimum atomic E-state index is -0.392. The number of carbonyl (C=O) groups is 1. The van der Waals surface area contributed by atoms with Crippen LogP contribution in [0, 0.1) is 6.92 Å². The Morgan fingerprint density at radius 3 is 2.48 bits per heavy atom. The van der Waals surface area contributed by atoms with Crippen LogP contribution >= 0.6 is 0 Å². The Labute approximate surface area is 133 Å². The molecule has 0 aliphatic rings. The average Bonchev–Trinajstić information content (AvgIpc) is 2.83. The molecule has 0 aliphatic carbocycles. The van der Waals surface area contributed by atoms with Gasteiger partial charge in [-0.05, 0) is 45.0 Å². The van der Waals surface area contributed by atoms with E-state index >= 15 is 0 Å². The zero-order chi connectivity index (χ0) is 16.6. The second-order valence-electron chi connectivity index (χ2n) is 5.83. The maximum Gasteiger partial charge on any atom is 0.420 e. The molecule has 1 aromatic heterocycles. The normalized spacial score (nSPS) is 11.1. The number of oxazole rings is 1. The molecule has 3 rings (SSSR count). The van der Waals surface area contributed by atoms with E-state index < -0.39 is 5.76 Å². The minimum absolute atomic E-state index is 0.0109. The third kappa shape index (κ3) is 2.90. The van der Waals surface area contributed by atoms with Crippen molar-refractivity contribution in [2.45, 2.75) is 26.8 Å². The monoisotopic (exact) mass is 310 g/mol. The lowest BCUT2D eigenvalue weighted by atomic mass is 10.1. The fraction of sp³-hybridized carbons (Fsp3) is 0.222. The lowest BCUT2D eigenvalue weighted by Gasteiger charge is -2.07. The Morgan fingerprint density at radius 1 is 1.13 bits per heavy atom. The molecule has 5 nitrogen and oxygen atoms in total. The van der Waals surface area contributed by atoms with Gasteiger partial charge in [0.2, 0.25) is 0 Å². The molecule has 23 heavy (non-hydrogen) atoms. The Kier molecular flexibility index (Phi) is 3.78. The van der Waals surface area contributed by atoms with Gasteiger partial charge in [0.15, 0.2) is 5.58 Å². The molecule has 0 radical (unpaired) electrons. The highest BCUT2D eigenvalue weighted by atomic mass is 16.4. The van der Waals surface area contributed by atoms with Gasteiger partial charge in [-0.3, -0.25) is 9.36 Å². The summed E-state index contributed by atoms with van der Waals surface area (Å²) in [4.78, 5) is 24.1. The maximum atomic E-state index is 12.2. The number of rotatable bonds is 3. The van der Waals surface area contributed by atoms with Gasteiger partial charge in [-0.25, -0.2) is 4.79 Å². The zero-order valence-electron chi connectivity index (χ0n) is 13.3. The Morgan fingerprint density at radius 2 is 1.83 bits per heavy atom. The minimum Gasteiger partial charge on any atom is -0.408 e. The molecule has 0 atom stereocenters. The smallest absolute Gasteiger partial charge is 0.408 e. The summed E-state index contributed by atoms with van der Waals surface area (Å²) in [6.45, 7) is 5.81. The SMILES string of the molecule is Cc1ccc(C(=O)Nc2ccc3c(c2)oc(=O)n3C(C)C)cc1. The molecule has 5 heteroatoms. The molecule has 2 aromatic carbocycles. The second kappa shape index (κ2) is 5.76.